The largest absolute Gasteiger partial charge is 0.480 e. The van der Waals surface area contributed by atoms with E-state index in [2.05, 4.69) is 20.4 Å². The zero-order chi connectivity index (χ0) is 16.3. The van der Waals surface area contributed by atoms with E-state index < -0.39 is 23.9 Å². The van der Waals surface area contributed by atoms with Gasteiger partial charge in [-0.25, -0.2) is 9.78 Å². The van der Waals surface area contributed by atoms with Crippen LogP contribution in [0.3, 0.4) is 0 Å². The minimum atomic E-state index is -4.66. The molecule has 2 aromatic heterocycles. The van der Waals surface area contributed by atoms with Gasteiger partial charge in [-0.15, -0.1) is 0 Å². The Kier molecular flexibility index (Phi) is 4.48. The summed E-state index contributed by atoms with van der Waals surface area (Å²) in [7, 11) is 0. The van der Waals surface area contributed by atoms with Crippen LogP contribution in [0.4, 0.5) is 19.0 Å². The van der Waals surface area contributed by atoms with E-state index in [9.17, 15) is 18.0 Å². The second-order valence-electron chi connectivity index (χ2n) is 4.67. The van der Waals surface area contributed by atoms with Crippen LogP contribution in [-0.4, -0.2) is 36.7 Å². The second kappa shape index (κ2) is 6.16. The number of unbranched alkanes of at least 4 members (excludes halogenated alkanes) is 1. The second-order valence-corrected chi connectivity index (χ2v) is 4.67. The maximum atomic E-state index is 12.8. The fourth-order valence-electron chi connectivity index (χ4n) is 1.90. The third-order valence-electron chi connectivity index (χ3n) is 3.01. The normalized spacial score (nSPS) is 13.3. The lowest BCUT2D eigenvalue weighted by Gasteiger charge is -2.17. The van der Waals surface area contributed by atoms with Gasteiger partial charge in [-0.1, -0.05) is 19.8 Å². The van der Waals surface area contributed by atoms with Gasteiger partial charge >= 0.3 is 12.1 Å². The summed E-state index contributed by atoms with van der Waals surface area (Å²) in [6.45, 7) is 1.89. The van der Waals surface area contributed by atoms with Crippen LogP contribution in [0.5, 0.6) is 0 Å². The molecule has 0 saturated heterocycles. The van der Waals surface area contributed by atoms with Gasteiger partial charge in [0.25, 0.3) is 5.78 Å². The molecule has 1 unspecified atom stereocenters. The van der Waals surface area contributed by atoms with Crippen LogP contribution < -0.4 is 5.32 Å². The number of carboxylic acids is 1. The molecule has 0 amide bonds. The Hall–Kier alpha value is -2.39. The van der Waals surface area contributed by atoms with E-state index in [1.54, 1.807) is 0 Å². The average Bonchev–Trinajstić information content (AvgIpc) is 2.90. The van der Waals surface area contributed by atoms with Crippen LogP contribution in [0, 0.1) is 0 Å². The number of nitrogens with one attached hydrogen (secondary N) is 1. The predicted molar refractivity (Wildman–Crippen MR) is 70.4 cm³/mol. The number of hydrogen-bond acceptors (Lipinski definition) is 5. The molecule has 0 spiro atoms. The number of fused-ring (bicyclic) bond motifs is 1. The van der Waals surface area contributed by atoms with Crippen molar-refractivity contribution >= 4 is 17.6 Å². The summed E-state index contributed by atoms with van der Waals surface area (Å²) >= 11 is 0. The van der Waals surface area contributed by atoms with Crippen LogP contribution in [0.15, 0.2) is 12.4 Å². The predicted octanol–water partition coefficient (Wildman–Crippen LogP) is 2.20. The van der Waals surface area contributed by atoms with Gasteiger partial charge in [-0.2, -0.15) is 27.8 Å². The number of aliphatic carboxylic acids is 1. The van der Waals surface area contributed by atoms with Crippen molar-refractivity contribution in [3.63, 3.8) is 0 Å². The lowest BCUT2D eigenvalue weighted by Crippen LogP contribution is -2.30. The quantitative estimate of drug-likeness (QED) is 0.848. The van der Waals surface area contributed by atoms with Crippen molar-refractivity contribution in [2.45, 2.75) is 38.4 Å². The third kappa shape index (κ3) is 3.43. The summed E-state index contributed by atoms with van der Waals surface area (Å²) in [5.74, 6) is -1.51. The highest BCUT2D eigenvalue weighted by Crippen LogP contribution is 2.29. The van der Waals surface area contributed by atoms with E-state index in [1.165, 1.54) is 0 Å². The molecule has 2 aromatic rings. The smallest absolute Gasteiger partial charge is 0.433 e. The summed E-state index contributed by atoms with van der Waals surface area (Å²) in [6, 6.07) is -0.292. The van der Waals surface area contributed by atoms with Crippen molar-refractivity contribution in [2.24, 2.45) is 0 Å². The Labute approximate surface area is 123 Å². The van der Waals surface area contributed by atoms with Gasteiger partial charge in [0, 0.05) is 6.07 Å². The molecule has 7 nitrogen and oxygen atoms in total. The molecule has 0 aliphatic carbocycles. The molecule has 0 bridgehead atoms. The van der Waals surface area contributed by atoms with E-state index in [0.29, 0.717) is 6.42 Å². The van der Waals surface area contributed by atoms with Crippen molar-refractivity contribution in [3.8, 4) is 0 Å². The molecule has 0 fully saturated rings. The number of alkyl halides is 3. The van der Waals surface area contributed by atoms with E-state index in [1.807, 2.05) is 6.92 Å². The van der Waals surface area contributed by atoms with Crippen LogP contribution in [0.2, 0.25) is 0 Å². The molecule has 0 aliphatic heterocycles. The van der Waals surface area contributed by atoms with Gasteiger partial charge in [0.2, 0.25) is 0 Å². The van der Waals surface area contributed by atoms with E-state index in [0.717, 1.165) is 23.3 Å². The number of hydrogen-bond donors (Lipinski definition) is 2. The van der Waals surface area contributed by atoms with Crippen molar-refractivity contribution in [1.82, 2.24) is 19.6 Å². The van der Waals surface area contributed by atoms with Crippen molar-refractivity contribution < 1.29 is 23.1 Å². The SMILES string of the molecule is CCCCC(Nc1cc(C(F)(F)F)nc2ncnn12)C(=O)O. The first-order valence-electron chi connectivity index (χ1n) is 6.60. The molecule has 10 heteroatoms. The topological polar surface area (TPSA) is 92.4 Å². The van der Waals surface area contributed by atoms with E-state index >= 15 is 0 Å². The number of carbonyl (C=O) groups is 1. The zero-order valence-electron chi connectivity index (χ0n) is 11.6. The molecular formula is C12H14F3N5O2. The summed E-state index contributed by atoms with van der Waals surface area (Å²) in [5, 5.41) is 15.5. The van der Waals surface area contributed by atoms with Crippen LogP contribution in [-0.2, 0) is 11.0 Å². The van der Waals surface area contributed by atoms with Crippen molar-refractivity contribution in [3.05, 3.63) is 18.1 Å². The Bertz CT molecular complexity index is 670. The highest BCUT2D eigenvalue weighted by atomic mass is 19.4. The van der Waals surface area contributed by atoms with Gasteiger partial charge in [-0.05, 0) is 6.42 Å². The lowest BCUT2D eigenvalue weighted by molar-refractivity contribution is -0.141. The van der Waals surface area contributed by atoms with Crippen LogP contribution in [0.25, 0.3) is 5.78 Å². The molecule has 2 heterocycles. The van der Waals surface area contributed by atoms with E-state index in [-0.39, 0.29) is 18.0 Å². The molecule has 1 atom stereocenters. The summed E-state index contributed by atoms with van der Waals surface area (Å²) < 4.78 is 39.5. The summed E-state index contributed by atoms with van der Waals surface area (Å²) in [4.78, 5) is 18.2. The molecular weight excluding hydrogens is 303 g/mol. The fraction of sp³-hybridized carbons (Fsp3) is 0.500. The highest BCUT2D eigenvalue weighted by Gasteiger charge is 2.34. The first-order chi connectivity index (χ1) is 10.3. The first-order valence-corrected chi connectivity index (χ1v) is 6.60. The number of carboxylic acid groups (broad SMARTS) is 1. The monoisotopic (exact) mass is 317 g/mol. The molecule has 2 rings (SSSR count). The van der Waals surface area contributed by atoms with Gasteiger partial charge in [-0.3, -0.25) is 0 Å². The van der Waals surface area contributed by atoms with Gasteiger partial charge in [0.1, 0.15) is 18.2 Å². The van der Waals surface area contributed by atoms with Crippen LogP contribution in [0.1, 0.15) is 31.9 Å². The maximum absolute atomic E-state index is 12.8. The van der Waals surface area contributed by atoms with Crippen molar-refractivity contribution in [2.75, 3.05) is 5.32 Å². The molecule has 2 N–H and O–H groups in total. The molecule has 0 aromatic carbocycles. The Morgan fingerprint density at radius 2 is 2.23 bits per heavy atom. The average molecular weight is 317 g/mol. The van der Waals surface area contributed by atoms with Gasteiger partial charge in [0.15, 0.2) is 5.69 Å². The van der Waals surface area contributed by atoms with Crippen LogP contribution >= 0.6 is 0 Å². The molecule has 22 heavy (non-hydrogen) atoms. The number of rotatable bonds is 6. The number of anilines is 1. The fourth-order valence-corrected chi connectivity index (χ4v) is 1.90. The lowest BCUT2D eigenvalue weighted by atomic mass is 10.1. The number of nitrogens with zero attached hydrogens (tertiary/aromatic N) is 4. The minimum absolute atomic E-state index is 0.113. The molecule has 0 radical (unpaired) electrons. The van der Waals surface area contributed by atoms with Gasteiger partial charge in [0.05, 0.1) is 0 Å². The number of halogens is 3. The zero-order valence-corrected chi connectivity index (χ0v) is 11.6. The Morgan fingerprint density at radius 3 is 2.82 bits per heavy atom. The molecule has 0 aliphatic rings. The molecule has 0 saturated carbocycles. The van der Waals surface area contributed by atoms with E-state index in [4.69, 9.17) is 5.11 Å². The standard InChI is InChI=1S/C12H14F3N5O2/c1-2-3-4-7(10(21)22)18-9-5-8(12(13,14)15)19-11-16-6-17-20(9)11/h5-7,18H,2-4H2,1H3,(H,21,22). The summed E-state index contributed by atoms with van der Waals surface area (Å²) in [5.41, 5.74) is -1.16. The third-order valence-corrected chi connectivity index (χ3v) is 3.01. The number of aromatic nitrogens is 4. The Balaban J connectivity index is 2.40. The summed E-state index contributed by atoms with van der Waals surface area (Å²) in [6.07, 6.45) is -1.93. The Morgan fingerprint density at radius 1 is 1.50 bits per heavy atom. The van der Waals surface area contributed by atoms with Gasteiger partial charge < -0.3 is 10.4 Å². The first kappa shape index (κ1) is 16.0. The molecule has 120 valence electrons. The highest BCUT2D eigenvalue weighted by molar-refractivity contribution is 5.77. The minimum Gasteiger partial charge on any atom is -0.480 e. The maximum Gasteiger partial charge on any atom is 0.433 e. The van der Waals surface area contributed by atoms with Crippen molar-refractivity contribution in [1.29, 1.82) is 0 Å².